The van der Waals surface area contributed by atoms with Gasteiger partial charge in [0, 0.05) is 22.1 Å². The fourth-order valence-electron chi connectivity index (χ4n) is 3.66. The molecule has 3 aromatic rings. The number of thioether (sulfide) groups is 1. The van der Waals surface area contributed by atoms with E-state index in [4.69, 9.17) is 21.3 Å². The molecule has 0 amide bonds. The summed E-state index contributed by atoms with van der Waals surface area (Å²) in [4.78, 5) is 20.7. The molecule has 2 aromatic heterocycles. The van der Waals surface area contributed by atoms with Crippen molar-refractivity contribution < 1.29 is 4.74 Å². The molecule has 4 nitrogen and oxygen atoms in total. The second kappa shape index (κ2) is 8.87. The van der Waals surface area contributed by atoms with E-state index in [-0.39, 0.29) is 11.7 Å². The van der Waals surface area contributed by atoms with Crippen LogP contribution in [0.4, 0.5) is 0 Å². The van der Waals surface area contributed by atoms with Crippen LogP contribution in [-0.4, -0.2) is 21.4 Å². The fourth-order valence-corrected chi connectivity index (χ4v) is 5.95. The average molecular weight is 461 g/mol. The molecule has 0 spiro atoms. The van der Waals surface area contributed by atoms with Crippen LogP contribution in [0.15, 0.2) is 45.3 Å². The molecule has 0 bridgehead atoms. The van der Waals surface area contributed by atoms with Crippen molar-refractivity contribution in [2.45, 2.75) is 52.0 Å². The lowest BCUT2D eigenvalue weighted by atomic mass is 9.96. The number of aryl methyl sites for hydroxylation is 1. The highest BCUT2D eigenvalue weighted by atomic mass is 35.5. The molecule has 0 radical (unpaired) electrons. The summed E-state index contributed by atoms with van der Waals surface area (Å²) in [5, 5.41) is 2.17. The maximum absolute atomic E-state index is 13.8. The number of nitrogens with zero attached hydrogens (tertiary/aromatic N) is 2. The smallest absolute Gasteiger partial charge is 0.267 e. The lowest BCUT2D eigenvalue weighted by molar-refractivity contribution is 0.00200. The SMILES string of the molecule is CC(Cl)=CCSc1nc2sc3c(c2c(=O)n1-c1cccc(C)c1)CC(C(C)C)OC3. The van der Waals surface area contributed by atoms with E-state index in [1.165, 1.54) is 11.8 Å². The molecule has 1 unspecified atom stereocenters. The Hall–Kier alpha value is -1.60. The summed E-state index contributed by atoms with van der Waals surface area (Å²) < 4.78 is 7.79. The van der Waals surface area contributed by atoms with Crippen molar-refractivity contribution in [1.29, 1.82) is 0 Å². The van der Waals surface area contributed by atoms with Gasteiger partial charge in [0.2, 0.25) is 0 Å². The maximum atomic E-state index is 13.8. The number of hydrogen-bond acceptors (Lipinski definition) is 5. The van der Waals surface area contributed by atoms with Crippen LogP contribution in [0.3, 0.4) is 0 Å². The van der Waals surface area contributed by atoms with Crippen molar-refractivity contribution >= 4 is 44.9 Å². The van der Waals surface area contributed by atoms with Crippen LogP contribution in [0.5, 0.6) is 0 Å². The van der Waals surface area contributed by atoms with Crippen LogP contribution < -0.4 is 5.56 Å². The number of halogens is 1. The van der Waals surface area contributed by atoms with Crippen LogP contribution in [0.1, 0.15) is 36.8 Å². The average Bonchev–Trinajstić information content (AvgIpc) is 3.05. The van der Waals surface area contributed by atoms with Crippen molar-refractivity contribution in [2.75, 3.05) is 5.75 Å². The number of fused-ring (bicyclic) bond motifs is 3. The molecule has 0 saturated heterocycles. The van der Waals surface area contributed by atoms with Gasteiger partial charge in [-0.15, -0.1) is 11.3 Å². The van der Waals surface area contributed by atoms with Gasteiger partial charge in [-0.2, -0.15) is 0 Å². The Labute approximate surface area is 189 Å². The zero-order valence-corrected chi connectivity index (χ0v) is 20.0. The highest BCUT2D eigenvalue weighted by molar-refractivity contribution is 7.99. The monoisotopic (exact) mass is 460 g/mol. The third-order valence-corrected chi connectivity index (χ3v) is 7.41. The minimum Gasteiger partial charge on any atom is -0.372 e. The van der Waals surface area contributed by atoms with Crippen LogP contribution >= 0.6 is 34.7 Å². The summed E-state index contributed by atoms with van der Waals surface area (Å²) in [7, 11) is 0. The van der Waals surface area contributed by atoms with E-state index in [9.17, 15) is 4.79 Å². The number of allylic oxidation sites excluding steroid dienone is 1. The standard InChI is InChI=1S/C23H25ClN2O2S2/c1-13(2)18-11-17-19(12-28-18)30-21-20(17)22(27)26(16-7-5-6-14(3)10-16)23(25-21)29-9-8-15(4)24/h5-8,10,13,18H,9,11-12H2,1-4H3. The first-order valence-corrected chi connectivity index (χ1v) is 12.2. The Morgan fingerprint density at radius 2 is 2.27 bits per heavy atom. The van der Waals surface area contributed by atoms with Gasteiger partial charge >= 0.3 is 0 Å². The number of hydrogen-bond donors (Lipinski definition) is 0. The molecule has 0 fully saturated rings. The summed E-state index contributed by atoms with van der Waals surface area (Å²) in [5.41, 5.74) is 3.07. The Bertz CT molecular complexity index is 1180. The minimum atomic E-state index is 0.00146. The second-order valence-corrected chi connectivity index (χ2v) is 10.6. The van der Waals surface area contributed by atoms with Crippen LogP contribution in [0.2, 0.25) is 0 Å². The molecule has 30 heavy (non-hydrogen) atoms. The predicted molar refractivity (Wildman–Crippen MR) is 127 cm³/mol. The summed E-state index contributed by atoms with van der Waals surface area (Å²) in [6.45, 7) is 8.76. The molecule has 158 valence electrons. The first-order chi connectivity index (χ1) is 14.3. The third kappa shape index (κ3) is 4.24. The van der Waals surface area contributed by atoms with Crippen molar-refractivity contribution in [1.82, 2.24) is 9.55 Å². The number of ether oxygens (including phenoxy) is 1. The van der Waals surface area contributed by atoms with E-state index in [1.807, 2.05) is 44.2 Å². The van der Waals surface area contributed by atoms with Gasteiger partial charge in [-0.1, -0.05) is 55.4 Å². The van der Waals surface area contributed by atoms with Gasteiger partial charge in [-0.25, -0.2) is 4.98 Å². The molecule has 0 aliphatic carbocycles. The van der Waals surface area contributed by atoms with Gasteiger partial charge in [-0.3, -0.25) is 9.36 Å². The summed E-state index contributed by atoms with van der Waals surface area (Å²) in [6.07, 6.45) is 2.83. The van der Waals surface area contributed by atoms with Crippen molar-refractivity contribution in [3.63, 3.8) is 0 Å². The third-order valence-electron chi connectivity index (χ3n) is 5.29. The van der Waals surface area contributed by atoms with Crippen LogP contribution in [0, 0.1) is 12.8 Å². The van der Waals surface area contributed by atoms with Crippen molar-refractivity contribution in [3.05, 3.63) is 61.7 Å². The van der Waals surface area contributed by atoms with Crippen molar-refractivity contribution in [2.24, 2.45) is 5.92 Å². The van der Waals surface area contributed by atoms with Gasteiger partial charge < -0.3 is 4.74 Å². The van der Waals surface area contributed by atoms with E-state index < -0.39 is 0 Å². The number of aromatic nitrogens is 2. The van der Waals surface area contributed by atoms with Gasteiger partial charge in [-0.05, 0) is 43.0 Å². The summed E-state index contributed by atoms with van der Waals surface area (Å²) in [6, 6.07) is 8.00. The molecule has 1 atom stereocenters. The van der Waals surface area contributed by atoms with Gasteiger partial charge in [0.15, 0.2) is 5.16 Å². The largest absolute Gasteiger partial charge is 0.372 e. The molecular formula is C23H25ClN2O2S2. The van der Waals surface area contributed by atoms with E-state index >= 15 is 0 Å². The Kier molecular flexibility index (Phi) is 6.39. The number of thiophene rings is 1. The second-order valence-electron chi connectivity index (χ2n) is 7.96. The molecule has 0 saturated carbocycles. The van der Waals surface area contributed by atoms with Crippen LogP contribution in [-0.2, 0) is 17.8 Å². The van der Waals surface area contributed by atoms with E-state index in [0.29, 0.717) is 23.4 Å². The van der Waals surface area contributed by atoms with Gasteiger partial charge in [0.05, 0.1) is 23.8 Å². The molecule has 7 heteroatoms. The topological polar surface area (TPSA) is 44.1 Å². The summed E-state index contributed by atoms with van der Waals surface area (Å²) in [5.74, 6) is 1.06. The first-order valence-electron chi connectivity index (χ1n) is 10.1. The molecule has 0 N–H and O–H groups in total. The number of benzene rings is 1. The summed E-state index contributed by atoms with van der Waals surface area (Å²) >= 11 is 9.11. The van der Waals surface area contributed by atoms with E-state index in [1.54, 1.807) is 15.9 Å². The minimum absolute atomic E-state index is 0.00146. The molecule has 3 heterocycles. The lowest BCUT2D eigenvalue weighted by Crippen LogP contribution is -2.28. The van der Waals surface area contributed by atoms with Crippen molar-refractivity contribution in [3.8, 4) is 5.69 Å². The zero-order valence-electron chi connectivity index (χ0n) is 17.6. The molecular weight excluding hydrogens is 436 g/mol. The maximum Gasteiger partial charge on any atom is 0.267 e. The van der Waals surface area contributed by atoms with E-state index in [0.717, 1.165) is 43.4 Å². The van der Waals surface area contributed by atoms with E-state index in [2.05, 4.69) is 13.8 Å². The van der Waals surface area contributed by atoms with Gasteiger partial charge in [0.25, 0.3) is 5.56 Å². The van der Waals surface area contributed by atoms with Gasteiger partial charge in [0.1, 0.15) is 4.83 Å². The lowest BCUT2D eigenvalue weighted by Gasteiger charge is -2.26. The Balaban J connectivity index is 1.91. The predicted octanol–water partition coefficient (Wildman–Crippen LogP) is 6.09. The first kappa shape index (κ1) is 21.6. The zero-order chi connectivity index (χ0) is 21.4. The molecule has 1 aromatic carbocycles. The fraction of sp³-hybridized carbons (Fsp3) is 0.391. The Morgan fingerprint density at radius 3 is 2.97 bits per heavy atom. The molecule has 4 rings (SSSR count). The molecule has 1 aliphatic heterocycles. The highest BCUT2D eigenvalue weighted by Gasteiger charge is 2.28. The highest BCUT2D eigenvalue weighted by Crippen LogP contribution is 2.36. The van der Waals surface area contributed by atoms with Crippen LogP contribution in [0.25, 0.3) is 15.9 Å². The normalized spacial score (nSPS) is 17.0. The molecule has 1 aliphatic rings. The quantitative estimate of drug-likeness (QED) is 0.341. The number of rotatable bonds is 5. The Morgan fingerprint density at radius 1 is 1.47 bits per heavy atom.